The van der Waals surface area contributed by atoms with Gasteiger partial charge in [0.25, 0.3) is 0 Å². The zero-order valence-corrected chi connectivity index (χ0v) is 11.8. The van der Waals surface area contributed by atoms with Crippen molar-refractivity contribution < 1.29 is 4.79 Å². The first kappa shape index (κ1) is 13.8. The van der Waals surface area contributed by atoms with Crippen LogP contribution in [0.2, 0.25) is 0 Å². The minimum Gasteiger partial charge on any atom is -0.344 e. The maximum atomic E-state index is 12.1. The van der Waals surface area contributed by atoms with Gasteiger partial charge in [0.05, 0.1) is 6.04 Å². The summed E-state index contributed by atoms with van der Waals surface area (Å²) in [5.74, 6) is 1.11. The second-order valence-electron chi connectivity index (χ2n) is 5.75. The van der Waals surface area contributed by atoms with Gasteiger partial charge in [-0.2, -0.15) is 0 Å². The minimum atomic E-state index is 0.157. The van der Waals surface area contributed by atoms with Gasteiger partial charge in [0.15, 0.2) is 0 Å². The van der Waals surface area contributed by atoms with E-state index in [1.165, 1.54) is 12.8 Å². The number of hydrogen-bond acceptors (Lipinski definition) is 3. The summed E-state index contributed by atoms with van der Waals surface area (Å²) in [4.78, 5) is 16.5. The lowest BCUT2D eigenvalue weighted by Crippen LogP contribution is -2.45. The SMILES string of the molecule is CCCN(CC1CCNCC1)C1CCN(C)C1=O. The number of likely N-dealkylation sites (tertiary alicyclic amines) is 1. The lowest BCUT2D eigenvalue weighted by Gasteiger charge is -2.33. The number of hydrogen-bond donors (Lipinski definition) is 1. The first-order valence-electron chi connectivity index (χ1n) is 7.42. The predicted molar refractivity (Wildman–Crippen MR) is 73.5 cm³/mol. The van der Waals surface area contributed by atoms with Crippen molar-refractivity contribution >= 4 is 5.91 Å². The normalized spacial score (nSPS) is 26.3. The van der Waals surface area contributed by atoms with Crippen molar-refractivity contribution in [1.82, 2.24) is 15.1 Å². The number of carbonyl (C=O) groups is 1. The fourth-order valence-corrected chi connectivity index (χ4v) is 3.20. The summed E-state index contributed by atoms with van der Waals surface area (Å²) in [6.45, 7) is 7.59. The maximum absolute atomic E-state index is 12.1. The first-order chi connectivity index (χ1) is 8.72. The molecule has 18 heavy (non-hydrogen) atoms. The topological polar surface area (TPSA) is 35.6 Å². The number of nitrogens with one attached hydrogen (secondary N) is 1. The largest absolute Gasteiger partial charge is 0.344 e. The standard InChI is InChI=1S/C14H27N3O/c1-3-9-17(11-12-4-7-15-8-5-12)13-6-10-16(2)14(13)18/h12-13,15H,3-11H2,1-2H3. The van der Waals surface area contributed by atoms with Gasteiger partial charge >= 0.3 is 0 Å². The number of carbonyl (C=O) groups excluding carboxylic acids is 1. The van der Waals surface area contributed by atoms with Crippen LogP contribution >= 0.6 is 0 Å². The fourth-order valence-electron chi connectivity index (χ4n) is 3.20. The summed E-state index contributed by atoms with van der Waals surface area (Å²) in [6.07, 6.45) is 4.67. The second kappa shape index (κ2) is 6.53. The molecule has 0 aromatic heterocycles. The molecule has 2 heterocycles. The van der Waals surface area contributed by atoms with Crippen molar-refractivity contribution in [3.05, 3.63) is 0 Å². The summed E-state index contributed by atoms with van der Waals surface area (Å²) in [5, 5.41) is 3.41. The van der Waals surface area contributed by atoms with E-state index in [0.29, 0.717) is 5.91 Å². The minimum absolute atomic E-state index is 0.157. The molecule has 0 bridgehead atoms. The van der Waals surface area contributed by atoms with Gasteiger partial charge in [-0.25, -0.2) is 0 Å². The van der Waals surface area contributed by atoms with Gasteiger partial charge in [-0.3, -0.25) is 9.69 Å². The van der Waals surface area contributed by atoms with Crippen LogP contribution in [0.1, 0.15) is 32.6 Å². The number of nitrogens with zero attached hydrogens (tertiary/aromatic N) is 2. The van der Waals surface area contributed by atoms with E-state index in [1.807, 2.05) is 11.9 Å². The molecule has 1 N–H and O–H groups in total. The van der Waals surface area contributed by atoms with Crippen LogP contribution in [-0.2, 0) is 4.79 Å². The van der Waals surface area contributed by atoms with E-state index in [4.69, 9.17) is 0 Å². The van der Waals surface area contributed by atoms with Crippen LogP contribution in [0.5, 0.6) is 0 Å². The molecule has 104 valence electrons. The van der Waals surface area contributed by atoms with E-state index < -0.39 is 0 Å². The number of likely N-dealkylation sites (N-methyl/N-ethyl adjacent to an activating group) is 1. The highest BCUT2D eigenvalue weighted by atomic mass is 16.2. The molecule has 2 aliphatic rings. The zero-order valence-electron chi connectivity index (χ0n) is 11.8. The Kier molecular flexibility index (Phi) is 5.01. The summed E-state index contributed by atoms with van der Waals surface area (Å²) >= 11 is 0. The lowest BCUT2D eigenvalue weighted by molar-refractivity contribution is -0.131. The molecule has 0 aliphatic carbocycles. The summed E-state index contributed by atoms with van der Waals surface area (Å²) in [5.41, 5.74) is 0. The van der Waals surface area contributed by atoms with E-state index in [-0.39, 0.29) is 6.04 Å². The third-order valence-corrected chi connectivity index (χ3v) is 4.30. The molecule has 1 unspecified atom stereocenters. The number of rotatable bonds is 5. The lowest BCUT2D eigenvalue weighted by atomic mass is 9.96. The van der Waals surface area contributed by atoms with Gasteiger partial charge in [0.2, 0.25) is 5.91 Å². The fraction of sp³-hybridized carbons (Fsp3) is 0.929. The van der Waals surface area contributed by atoms with Crippen LogP contribution in [0.15, 0.2) is 0 Å². The highest BCUT2D eigenvalue weighted by Crippen LogP contribution is 2.20. The Labute approximate surface area is 111 Å². The molecule has 2 rings (SSSR count). The molecule has 2 fully saturated rings. The molecule has 4 heteroatoms. The van der Waals surface area contributed by atoms with Crippen LogP contribution in [0, 0.1) is 5.92 Å². The average molecular weight is 253 g/mol. The maximum Gasteiger partial charge on any atom is 0.239 e. The molecule has 0 spiro atoms. The third-order valence-electron chi connectivity index (χ3n) is 4.30. The van der Waals surface area contributed by atoms with Gasteiger partial charge in [0.1, 0.15) is 0 Å². The molecule has 1 amide bonds. The van der Waals surface area contributed by atoms with Gasteiger partial charge in [-0.05, 0) is 51.2 Å². The second-order valence-corrected chi connectivity index (χ2v) is 5.75. The van der Waals surface area contributed by atoms with Crippen LogP contribution in [0.3, 0.4) is 0 Å². The van der Waals surface area contributed by atoms with Crippen LogP contribution in [-0.4, -0.2) is 61.5 Å². The molecule has 0 saturated carbocycles. The average Bonchev–Trinajstić information content (AvgIpc) is 2.71. The van der Waals surface area contributed by atoms with Crippen molar-refractivity contribution in [2.24, 2.45) is 5.92 Å². The molecule has 1 atom stereocenters. The van der Waals surface area contributed by atoms with E-state index in [0.717, 1.165) is 51.5 Å². The van der Waals surface area contributed by atoms with Gasteiger partial charge in [-0.1, -0.05) is 6.92 Å². The van der Waals surface area contributed by atoms with E-state index in [2.05, 4.69) is 17.1 Å². The van der Waals surface area contributed by atoms with Crippen molar-refractivity contribution in [2.75, 3.05) is 39.8 Å². The highest BCUT2D eigenvalue weighted by Gasteiger charge is 2.34. The highest BCUT2D eigenvalue weighted by molar-refractivity contribution is 5.83. The smallest absolute Gasteiger partial charge is 0.239 e. The van der Waals surface area contributed by atoms with E-state index >= 15 is 0 Å². The van der Waals surface area contributed by atoms with Crippen molar-refractivity contribution in [3.8, 4) is 0 Å². The van der Waals surface area contributed by atoms with Gasteiger partial charge in [0, 0.05) is 20.1 Å². The molecular weight excluding hydrogens is 226 g/mol. The number of amides is 1. The number of piperidine rings is 1. The van der Waals surface area contributed by atoms with Crippen LogP contribution < -0.4 is 5.32 Å². The summed E-state index contributed by atoms with van der Waals surface area (Å²) < 4.78 is 0. The van der Waals surface area contributed by atoms with Crippen LogP contribution in [0.25, 0.3) is 0 Å². The summed E-state index contributed by atoms with van der Waals surface area (Å²) in [6, 6.07) is 0.157. The monoisotopic (exact) mass is 253 g/mol. The van der Waals surface area contributed by atoms with Crippen molar-refractivity contribution in [1.29, 1.82) is 0 Å². The summed E-state index contributed by atoms with van der Waals surface area (Å²) in [7, 11) is 1.93. The Hall–Kier alpha value is -0.610. The molecule has 0 aromatic carbocycles. The van der Waals surface area contributed by atoms with Crippen LogP contribution in [0.4, 0.5) is 0 Å². The Morgan fingerprint density at radius 2 is 2.06 bits per heavy atom. The Morgan fingerprint density at radius 1 is 1.33 bits per heavy atom. The Balaban J connectivity index is 1.92. The third kappa shape index (κ3) is 3.23. The molecule has 2 aliphatic heterocycles. The Bertz CT molecular complexity index is 276. The van der Waals surface area contributed by atoms with Gasteiger partial charge in [-0.15, -0.1) is 0 Å². The molecular formula is C14H27N3O. The molecule has 0 radical (unpaired) electrons. The van der Waals surface area contributed by atoms with E-state index in [9.17, 15) is 4.79 Å². The molecule has 2 saturated heterocycles. The first-order valence-corrected chi connectivity index (χ1v) is 7.42. The molecule has 4 nitrogen and oxygen atoms in total. The predicted octanol–water partition coefficient (Wildman–Crippen LogP) is 0.929. The quantitative estimate of drug-likeness (QED) is 0.792. The van der Waals surface area contributed by atoms with Crippen molar-refractivity contribution in [3.63, 3.8) is 0 Å². The van der Waals surface area contributed by atoms with Crippen molar-refractivity contribution in [2.45, 2.75) is 38.6 Å². The van der Waals surface area contributed by atoms with Gasteiger partial charge < -0.3 is 10.2 Å². The Morgan fingerprint density at radius 3 is 2.61 bits per heavy atom. The zero-order chi connectivity index (χ0) is 13.0. The van der Waals surface area contributed by atoms with E-state index in [1.54, 1.807) is 0 Å². The molecule has 0 aromatic rings.